The van der Waals surface area contributed by atoms with E-state index >= 15 is 0 Å². The van der Waals surface area contributed by atoms with Crippen LogP contribution in [0.4, 0.5) is 0 Å². The summed E-state index contributed by atoms with van der Waals surface area (Å²) in [5.74, 6) is 2.72. The Hall–Kier alpha value is -1.34. The summed E-state index contributed by atoms with van der Waals surface area (Å²) in [6, 6.07) is 8.82. The predicted molar refractivity (Wildman–Crippen MR) is 85.0 cm³/mol. The van der Waals surface area contributed by atoms with Crippen molar-refractivity contribution in [1.82, 2.24) is 4.90 Å². The van der Waals surface area contributed by atoms with E-state index in [1.165, 1.54) is 11.1 Å². The van der Waals surface area contributed by atoms with Gasteiger partial charge in [-0.1, -0.05) is 30.2 Å². The van der Waals surface area contributed by atoms with Crippen LogP contribution in [0.25, 0.3) is 0 Å². The molecule has 1 aliphatic rings. The largest absolute Gasteiger partial charge is 0.389 e. The lowest BCUT2D eigenvalue weighted by atomic mass is 10.1. The van der Waals surface area contributed by atoms with Gasteiger partial charge in [0.2, 0.25) is 0 Å². The molecule has 3 heteroatoms. The van der Waals surface area contributed by atoms with E-state index in [9.17, 15) is 5.11 Å². The van der Waals surface area contributed by atoms with E-state index in [-0.39, 0.29) is 6.10 Å². The molecule has 0 spiro atoms. The molecule has 0 fully saturated rings. The quantitative estimate of drug-likeness (QED) is 0.782. The molecule has 1 aliphatic carbocycles. The molecular weight excluding hydrogens is 262 g/mol. The molecule has 21 heavy (non-hydrogen) atoms. The van der Waals surface area contributed by atoms with E-state index < -0.39 is 6.10 Å². The minimum absolute atomic E-state index is 0.132. The van der Waals surface area contributed by atoms with Crippen LogP contribution in [0.2, 0.25) is 0 Å². The van der Waals surface area contributed by atoms with Crippen molar-refractivity contribution in [3.05, 3.63) is 35.4 Å². The van der Waals surface area contributed by atoms with Crippen LogP contribution in [-0.2, 0) is 11.2 Å². The molecule has 0 amide bonds. The highest BCUT2D eigenvalue weighted by Gasteiger charge is 2.28. The average molecular weight is 287 g/mol. The number of aliphatic hydroxyl groups excluding tert-OH is 1. The third-order valence-electron chi connectivity index (χ3n) is 3.90. The number of benzene rings is 1. The molecule has 0 aliphatic heterocycles. The Labute approximate surface area is 127 Å². The maximum Gasteiger partial charge on any atom is 0.0900 e. The summed E-state index contributed by atoms with van der Waals surface area (Å²) in [6.45, 7) is 5.40. The zero-order chi connectivity index (χ0) is 15.2. The van der Waals surface area contributed by atoms with Crippen LogP contribution in [-0.4, -0.2) is 41.9 Å². The fourth-order valence-electron chi connectivity index (χ4n) is 2.96. The third-order valence-corrected chi connectivity index (χ3v) is 3.90. The highest BCUT2D eigenvalue weighted by molar-refractivity contribution is 5.34. The molecular formula is C18H25NO2. The highest BCUT2D eigenvalue weighted by Crippen LogP contribution is 2.35. The first-order valence-corrected chi connectivity index (χ1v) is 7.66. The molecule has 1 aromatic rings. The van der Waals surface area contributed by atoms with Gasteiger partial charge in [0.05, 0.1) is 25.4 Å². The van der Waals surface area contributed by atoms with Gasteiger partial charge < -0.3 is 9.84 Å². The first-order valence-electron chi connectivity index (χ1n) is 7.66. The van der Waals surface area contributed by atoms with Gasteiger partial charge in [0, 0.05) is 12.6 Å². The maximum atomic E-state index is 10.2. The fourth-order valence-corrected chi connectivity index (χ4v) is 2.96. The molecule has 3 nitrogen and oxygen atoms in total. The molecule has 114 valence electrons. The van der Waals surface area contributed by atoms with Crippen molar-refractivity contribution < 1.29 is 9.84 Å². The van der Waals surface area contributed by atoms with Crippen molar-refractivity contribution in [2.45, 2.75) is 44.9 Å². The zero-order valence-corrected chi connectivity index (χ0v) is 13.0. The van der Waals surface area contributed by atoms with Crippen molar-refractivity contribution >= 4 is 0 Å². The Kier molecular flexibility index (Phi) is 5.81. The lowest BCUT2D eigenvalue weighted by Gasteiger charge is -2.30. The van der Waals surface area contributed by atoms with Crippen LogP contribution in [0.1, 0.15) is 37.4 Å². The van der Waals surface area contributed by atoms with Gasteiger partial charge in [-0.3, -0.25) is 4.90 Å². The minimum Gasteiger partial charge on any atom is -0.389 e. The smallest absolute Gasteiger partial charge is 0.0900 e. The highest BCUT2D eigenvalue weighted by atomic mass is 16.5. The Bertz CT molecular complexity index is 492. The molecule has 0 aromatic heterocycles. The van der Waals surface area contributed by atoms with E-state index in [2.05, 4.69) is 35.1 Å². The summed E-state index contributed by atoms with van der Waals surface area (Å²) < 4.78 is 5.49. The number of aryl methyl sites for hydroxylation is 1. The summed E-state index contributed by atoms with van der Waals surface area (Å²) in [5.41, 5.74) is 2.75. The monoisotopic (exact) mass is 287 g/mol. The van der Waals surface area contributed by atoms with Gasteiger partial charge in [-0.25, -0.2) is 0 Å². The number of aliphatic hydroxyl groups is 1. The Morgan fingerprint density at radius 2 is 2.19 bits per heavy atom. The van der Waals surface area contributed by atoms with Gasteiger partial charge in [0.1, 0.15) is 0 Å². The number of hydrogen-bond donors (Lipinski definition) is 1. The van der Waals surface area contributed by atoms with Crippen molar-refractivity contribution in [3.63, 3.8) is 0 Å². The summed E-state index contributed by atoms with van der Waals surface area (Å²) in [7, 11) is 0. The lowest BCUT2D eigenvalue weighted by Crippen LogP contribution is -2.37. The number of hydrogen-bond acceptors (Lipinski definition) is 3. The van der Waals surface area contributed by atoms with Gasteiger partial charge in [-0.2, -0.15) is 0 Å². The standard InChI is InChI=1S/C18H25NO2/c1-4-11-19(12-16(20)13-21-14(2)3)18-10-9-15-7-5-6-8-17(15)18/h1,5-8,14,16,18,20H,9-13H2,2-3H3. The van der Waals surface area contributed by atoms with E-state index in [1.54, 1.807) is 0 Å². The van der Waals surface area contributed by atoms with Crippen LogP contribution in [0.3, 0.4) is 0 Å². The molecule has 2 unspecified atom stereocenters. The first-order chi connectivity index (χ1) is 10.1. The van der Waals surface area contributed by atoms with E-state index in [1.807, 2.05) is 13.8 Å². The Morgan fingerprint density at radius 3 is 2.90 bits per heavy atom. The molecule has 0 radical (unpaired) electrons. The molecule has 1 aromatic carbocycles. The summed E-state index contributed by atoms with van der Waals surface area (Å²) >= 11 is 0. The van der Waals surface area contributed by atoms with Crippen LogP contribution < -0.4 is 0 Å². The van der Waals surface area contributed by atoms with Crippen LogP contribution in [0, 0.1) is 12.3 Å². The molecule has 0 bridgehead atoms. The summed E-state index contributed by atoms with van der Waals surface area (Å²) in [5, 5.41) is 10.2. The number of rotatable bonds is 7. The third kappa shape index (κ3) is 4.31. The van der Waals surface area contributed by atoms with E-state index in [0.29, 0.717) is 25.7 Å². The minimum atomic E-state index is -0.506. The van der Waals surface area contributed by atoms with E-state index in [0.717, 1.165) is 12.8 Å². The predicted octanol–water partition coefficient (Wildman–Crippen LogP) is 2.40. The summed E-state index contributed by atoms with van der Waals surface area (Å²) in [4.78, 5) is 2.19. The number of terminal acetylenes is 1. The summed E-state index contributed by atoms with van der Waals surface area (Å²) in [6.07, 6.45) is 7.29. The van der Waals surface area contributed by atoms with Gasteiger partial charge in [-0.15, -0.1) is 6.42 Å². The maximum absolute atomic E-state index is 10.2. The van der Waals surface area contributed by atoms with Gasteiger partial charge >= 0.3 is 0 Å². The fraction of sp³-hybridized carbons (Fsp3) is 0.556. The Balaban J connectivity index is 2.01. The second kappa shape index (κ2) is 7.61. The second-order valence-electron chi connectivity index (χ2n) is 5.92. The topological polar surface area (TPSA) is 32.7 Å². The SMILES string of the molecule is C#CCN(CC(O)COC(C)C)C1CCc2ccccc21. The van der Waals surface area contributed by atoms with Gasteiger partial charge in [0.15, 0.2) is 0 Å². The van der Waals surface area contributed by atoms with Crippen LogP contribution in [0.15, 0.2) is 24.3 Å². The number of fused-ring (bicyclic) bond motifs is 1. The molecule has 0 saturated carbocycles. The molecule has 2 rings (SSSR count). The van der Waals surface area contributed by atoms with Crippen molar-refractivity contribution in [3.8, 4) is 12.3 Å². The molecule has 0 heterocycles. The number of nitrogens with zero attached hydrogens (tertiary/aromatic N) is 1. The van der Waals surface area contributed by atoms with Gasteiger partial charge in [-0.05, 0) is 37.8 Å². The second-order valence-corrected chi connectivity index (χ2v) is 5.92. The number of ether oxygens (including phenoxy) is 1. The Morgan fingerprint density at radius 1 is 1.43 bits per heavy atom. The van der Waals surface area contributed by atoms with Crippen molar-refractivity contribution in [2.75, 3.05) is 19.7 Å². The molecule has 2 atom stereocenters. The zero-order valence-electron chi connectivity index (χ0n) is 13.0. The van der Waals surface area contributed by atoms with Gasteiger partial charge in [0.25, 0.3) is 0 Å². The molecule has 1 N–H and O–H groups in total. The van der Waals surface area contributed by atoms with Crippen molar-refractivity contribution in [2.24, 2.45) is 0 Å². The van der Waals surface area contributed by atoms with Crippen LogP contribution in [0.5, 0.6) is 0 Å². The average Bonchev–Trinajstić information content (AvgIpc) is 2.88. The van der Waals surface area contributed by atoms with E-state index in [4.69, 9.17) is 11.2 Å². The first kappa shape index (κ1) is 16.0. The van der Waals surface area contributed by atoms with Crippen molar-refractivity contribution in [1.29, 1.82) is 0 Å². The normalized spacial score (nSPS) is 18.8. The van der Waals surface area contributed by atoms with Crippen LogP contribution >= 0.6 is 0 Å². The molecule has 0 saturated heterocycles. The lowest BCUT2D eigenvalue weighted by molar-refractivity contribution is -0.0123.